The molecule has 1 amide bonds. The maximum Gasteiger partial charge on any atom is 0.335 e. The van der Waals surface area contributed by atoms with Crippen LogP contribution in [0.3, 0.4) is 0 Å². The van der Waals surface area contributed by atoms with Crippen molar-refractivity contribution in [1.29, 1.82) is 0 Å². The number of carbonyl (C=O) groups is 2. The Bertz CT molecular complexity index is 991. The number of nitrogens with zero attached hydrogens (tertiary/aromatic N) is 2. The van der Waals surface area contributed by atoms with Gasteiger partial charge in [0.05, 0.1) is 21.8 Å². The molecule has 0 aliphatic rings. The van der Waals surface area contributed by atoms with Crippen molar-refractivity contribution < 1.29 is 14.7 Å². The normalized spacial score (nSPS) is 10.7. The lowest BCUT2D eigenvalue weighted by atomic mass is 10.0. The smallest absolute Gasteiger partial charge is 0.335 e. The maximum atomic E-state index is 12.7. The highest BCUT2D eigenvalue weighted by atomic mass is 35.5. The Labute approximate surface area is 153 Å². The first-order chi connectivity index (χ1) is 11.9. The number of anilines is 1. The van der Waals surface area contributed by atoms with Gasteiger partial charge in [0.25, 0.3) is 5.91 Å². The molecule has 0 aliphatic carbocycles. The van der Waals surface area contributed by atoms with E-state index in [1.807, 2.05) is 0 Å². The van der Waals surface area contributed by atoms with Gasteiger partial charge in [-0.2, -0.15) is 0 Å². The molecule has 0 radical (unpaired) electrons. The molecular weight excluding hydrogens is 363 g/mol. The molecule has 3 rings (SSSR count). The minimum atomic E-state index is -1.11. The summed E-state index contributed by atoms with van der Waals surface area (Å²) in [6.07, 6.45) is 3.01. The molecule has 1 heterocycles. The molecule has 7 heteroatoms. The second-order valence-electron chi connectivity index (χ2n) is 5.39. The van der Waals surface area contributed by atoms with Crippen molar-refractivity contribution in [3.05, 3.63) is 70.0 Å². The monoisotopic (exact) mass is 374 g/mol. The van der Waals surface area contributed by atoms with Crippen LogP contribution in [0.25, 0.3) is 10.8 Å². The second kappa shape index (κ2) is 6.70. The Morgan fingerprint density at radius 2 is 1.88 bits per heavy atom. The summed E-state index contributed by atoms with van der Waals surface area (Å²) in [7, 11) is 1.56. The highest BCUT2D eigenvalue weighted by molar-refractivity contribution is 6.40. The number of aromatic nitrogens is 1. The quantitative estimate of drug-likeness (QED) is 0.731. The van der Waals surface area contributed by atoms with E-state index >= 15 is 0 Å². The van der Waals surface area contributed by atoms with Crippen LogP contribution in [0.4, 0.5) is 5.69 Å². The van der Waals surface area contributed by atoms with E-state index in [2.05, 4.69) is 4.98 Å². The number of amides is 1. The fourth-order valence-corrected chi connectivity index (χ4v) is 3.19. The number of fused-ring (bicyclic) bond motifs is 1. The van der Waals surface area contributed by atoms with Crippen molar-refractivity contribution in [2.75, 3.05) is 11.9 Å². The van der Waals surface area contributed by atoms with Crippen LogP contribution in [0.1, 0.15) is 20.7 Å². The maximum absolute atomic E-state index is 12.7. The van der Waals surface area contributed by atoms with E-state index in [-0.39, 0.29) is 11.5 Å². The summed E-state index contributed by atoms with van der Waals surface area (Å²) in [6.45, 7) is 0. The van der Waals surface area contributed by atoms with Crippen LogP contribution in [0.15, 0.2) is 48.8 Å². The van der Waals surface area contributed by atoms with E-state index < -0.39 is 5.97 Å². The lowest BCUT2D eigenvalue weighted by Gasteiger charge is -2.21. The minimum Gasteiger partial charge on any atom is -0.478 e. The Morgan fingerprint density at radius 3 is 2.52 bits per heavy atom. The molecule has 0 spiro atoms. The number of benzene rings is 2. The summed E-state index contributed by atoms with van der Waals surface area (Å²) in [6, 6.07) is 9.34. The van der Waals surface area contributed by atoms with Crippen LogP contribution in [0, 0.1) is 0 Å². The third-order valence-electron chi connectivity index (χ3n) is 3.77. The predicted octanol–water partition coefficient (Wildman–Crippen LogP) is 4.52. The van der Waals surface area contributed by atoms with Crippen LogP contribution in [0.5, 0.6) is 0 Å². The van der Waals surface area contributed by atoms with Gasteiger partial charge in [0, 0.05) is 29.9 Å². The standard InChI is InChI=1S/C18H12Cl2N2O3/c1-22(17(23)10-3-2-4-21-9-10)15-7-12(18(24)25)5-11-6-13(19)8-14(20)16(11)15/h2-9H,1H3,(H,24,25). The van der Waals surface area contributed by atoms with Gasteiger partial charge >= 0.3 is 5.97 Å². The summed E-state index contributed by atoms with van der Waals surface area (Å²) in [4.78, 5) is 29.5. The van der Waals surface area contributed by atoms with E-state index in [4.69, 9.17) is 23.2 Å². The fourth-order valence-electron chi connectivity index (χ4n) is 2.59. The first-order valence-corrected chi connectivity index (χ1v) is 7.98. The van der Waals surface area contributed by atoms with Crippen LogP contribution in [-0.4, -0.2) is 29.0 Å². The first-order valence-electron chi connectivity index (χ1n) is 7.22. The van der Waals surface area contributed by atoms with Gasteiger partial charge in [0.1, 0.15) is 0 Å². The van der Waals surface area contributed by atoms with Gasteiger partial charge in [-0.25, -0.2) is 4.79 Å². The minimum absolute atomic E-state index is 0.0340. The third kappa shape index (κ3) is 3.29. The lowest BCUT2D eigenvalue weighted by molar-refractivity contribution is 0.0696. The second-order valence-corrected chi connectivity index (χ2v) is 6.24. The van der Waals surface area contributed by atoms with Gasteiger partial charge in [0.15, 0.2) is 0 Å². The molecule has 1 N–H and O–H groups in total. The molecule has 1 aromatic heterocycles. The molecule has 0 saturated heterocycles. The summed E-state index contributed by atoms with van der Waals surface area (Å²) in [5, 5.41) is 11.2. The zero-order valence-corrected chi connectivity index (χ0v) is 14.5. The molecule has 0 aliphatic heterocycles. The van der Waals surface area contributed by atoms with Gasteiger partial charge in [-0.15, -0.1) is 0 Å². The predicted molar refractivity (Wildman–Crippen MR) is 97.9 cm³/mol. The zero-order chi connectivity index (χ0) is 18.1. The highest BCUT2D eigenvalue weighted by Gasteiger charge is 2.20. The number of hydrogen-bond acceptors (Lipinski definition) is 3. The van der Waals surface area contributed by atoms with Crippen molar-refractivity contribution >= 4 is 51.5 Å². The molecular formula is C18H12Cl2N2O3. The van der Waals surface area contributed by atoms with E-state index in [0.29, 0.717) is 32.1 Å². The average Bonchev–Trinajstić information content (AvgIpc) is 2.59. The molecule has 25 heavy (non-hydrogen) atoms. The topological polar surface area (TPSA) is 70.5 Å². The van der Waals surface area contributed by atoms with Gasteiger partial charge < -0.3 is 10.0 Å². The number of carbonyl (C=O) groups excluding carboxylic acids is 1. The Hall–Kier alpha value is -2.63. The SMILES string of the molecule is CN(C(=O)c1cccnc1)c1cc(C(=O)O)cc2cc(Cl)cc(Cl)c12. The summed E-state index contributed by atoms with van der Waals surface area (Å²) in [5.41, 5.74) is 0.793. The fraction of sp³-hybridized carbons (Fsp3) is 0.0556. The van der Waals surface area contributed by atoms with E-state index in [9.17, 15) is 14.7 Å². The van der Waals surface area contributed by atoms with Crippen molar-refractivity contribution in [3.63, 3.8) is 0 Å². The summed E-state index contributed by atoms with van der Waals surface area (Å²) in [5.74, 6) is -1.44. The largest absolute Gasteiger partial charge is 0.478 e. The lowest BCUT2D eigenvalue weighted by Crippen LogP contribution is -2.26. The number of halogens is 2. The van der Waals surface area contributed by atoms with Crippen LogP contribution in [0.2, 0.25) is 10.0 Å². The van der Waals surface area contributed by atoms with Crippen molar-refractivity contribution in [2.45, 2.75) is 0 Å². The van der Waals surface area contributed by atoms with E-state index in [0.717, 1.165) is 0 Å². The number of carboxylic acid groups (broad SMARTS) is 1. The molecule has 3 aromatic rings. The molecule has 126 valence electrons. The number of carboxylic acids is 1. The Kier molecular flexibility index (Phi) is 4.61. The number of pyridine rings is 1. The van der Waals surface area contributed by atoms with E-state index in [1.54, 1.807) is 37.5 Å². The third-order valence-corrected chi connectivity index (χ3v) is 4.28. The zero-order valence-electron chi connectivity index (χ0n) is 13.0. The van der Waals surface area contributed by atoms with Crippen LogP contribution >= 0.6 is 23.2 Å². The summed E-state index contributed by atoms with van der Waals surface area (Å²) < 4.78 is 0. The highest BCUT2D eigenvalue weighted by Crippen LogP contribution is 2.36. The van der Waals surface area contributed by atoms with E-state index in [1.165, 1.54) is 23.2 Å². The molecule has 5 nitrogen and oxygen atoms in total. The average molecular weight is 375 g/mol. The van der Waals surface area contributed by atoms with Gasteiger partial charge in [-0.05, 0) is 41.8 Å². The van der Waals surface area contributed by atoms with Crippen molar-refractivity contribution in [3.8, 4) is 0 Å². The number of aromatic carboxylic acids is 1. The van der Waals surface area contributed by atoms with Gasteiger partial charge in [0.2, 0.25) is 0 Å². The van der Waals surface area contributed by atoms with Crippen LogP contribution in [-0.2, 0) is 0 Å². The first kappa shape index (κ1) is 17.2. The number of rotatable bonds is 3. The molecule has 0 fully saturated rings. The van der Waals surface area contributed by atoms with Gasteiger partial charge in [-0.1, -0.05) is 23.2 Å². The van der Waals surface area contributed by atoms with Gasteiger partial charge in [-0.3, -0.25) is 9.78 Å². The summed E-state index contributed by atoms with van der Waals surface area (Å²) >= 11 is 12.3. The van der Waals surface area contributed by atoms with Crippen LogP contribution < -0.4 is 4.90 Å². The molecule has 0 saturated carbocycles. The van der Waals surface area contributed by atoms with Crippen molar-refractivity contribution in [1.82, 2.24) is 4.98 Å². The number of hydrogen-bond donors (Lipinski definition) is 1. The Morgan fingerprint density at radius 1 is 1.12 bits per heavy atom. The van der Waals surface area contributed by atoms with Crippen molar-refractivity contribution in [2.24, 2.45) is 0 Å². The molecule has 0 unspecified atom stereocenters. The molecule has 0 atom stereocenters. The molecule has 0 bridgehead atoms. The molecule has 2 aromatic carbocycles. The Balaban J connectivity index is 2.23.